The van der Waals surface area contributed by atoms with Gasteiger partial charge in [-0.3, -0.25) is 24.1 Å². The van der Waals surface area contributed by atoms with Crippen molar-refractivity contribution in [2.75, 3.05) is 65.8 Å². The minimum Gasteiger partial charge on any atom is -0.465 e. The van der Waals surface area contributed by atoms with E-state index in [0.29, 0.717) is 76.5 Å². The summed E-state index contributed by atoms with van der Waals surface area (Å²) in [6.45, 7) is 19.6. The Morgan fingerprint density at radius 1 is 0.437 bits per heavy atom. The number of carbonyl (C=O) groups is 4. The smallest absolute Gasteiger partial charge is 0.305 e. The molecule has 0 aromatic rings. The average molecular weight is 1010 g/mol. The highest BCUT2D eigenvalue weighted by molar-refractivity contribution is 5.70. The third-order valence-electron chi connectivity index (χ3n) is 14.8. The van der Waals surface area contributed by atoms with Crippen LogP contribution in [-0.4, -0.2) is 111 Å². The van der Waals surface area contributed by atoms with Crippen LogP contribution in [0.3, 0.4) is 0 Å². The van der Waals surface area contributed by atoms with Gasteiger partial charge in [0.05, 0.1) is 33.0 Å². The number of aliphatic hydroxyl groups excluding tert-OH is 1. The molecule has 0 aliphatic heterocycles. The molecule has 1 aliphatic carbocycles. The standard InChI is InChI=1S/C60H114N2O9/c1-7-11-15-19-23-33-57(64)68-48-54(49-69-58(65)34-24-20-16-12-8-2)31-27-29-42-61(44-41-52(5)6)47-53-37-39-56(40-38-53)62(45-46-63)43-30-28-32-55(50-70-59(66)35-25-21-17-13-9-3)51-71-60(67)36-26-22-18-14-10-4/h52-56,63H,7-51H2,1-6H3. The topological polar surface area (TPSA) is 132 Å². The lowest BCUT2D eigenvalue weighted by atomic mass is 9.84. The summed E-state index contributed by atoms with van der Waals surface area (Å²) in [5.41, 5.74) is 0. The molecule has 11 nitrogen and oxygen atoms in total. The Morgan fingerprint density at radius 3 is 1.15 bits per heavy atom. The summed E-state index contributed by atoms with van der Waals surface area (Å²) < 4.78 is 23.0. The number of hydrogen-bond donors (Lipinski definition) is 1. The first-order chi connectivity index (χ1) is 34.5. The van der Waals surface area contributed by atoms with Crippen molar-refractivity contribution in [3.05, 3.63) is 0 Å². The fraction of sp³-hybridized carbons (Fsp3) is 0.933. The van der Waals surface area contributed by atoms with Crippen LogP contribution < -0.4 is 0 Å². The van der Waals surface area contributed by atoms with Gasteiger partial charge in [-0.2, -0.15) is 0 Å². The summed E-state index contributed by atoms with van der Waals surface area (Å²) in [4.78, 5) is 55.7. The van der Waals surface area contributed by atoms with Crippen LogP contribution in [0.25, 0.3) is 0 Å². The fourth-order valence-electron chi connectivity index (χ4n) is 9.97. The van der Waals surface area contributed by atoms with Crippen LogP contribution in [0.5, 0.6) is 0 Å². The Balaban J connectivity index is 2.72. The van der Waals surface area contributed by atoms with E-state index in [1.165, 1.54) is 70.6 Å². The zero-order chi connectivity index (χ0) is 52.0. The van der Waals surface area contributed by atoms with Gasteiger partial charge in [0, 0.05) is 56.7 Å². The molecule has 0 saturated heterocycles. The summed E-state index contributed by atoms with van der Waals surface area (Å²) in [6.07, 6.45) is 35.2. The van der Waals surface area contributed by atoms with Crippen LogP contribution in [0.4, 0.5) is 0 Å². The normalized spacial score (nSPS) is 15.1. The number of ether oxygens (including phenoxy) is 4. The lowest BCUT2D eigenvalue weighted by Gasteiger charge is -2.38. The van der Waals surface area contributed by atoms with E-state index in [1.807, 2.05) is 0 Å². The van der Waals surface area contributed by atoms with E-state index >= 15 is 0 Å². The Bertz CT molecular complexity index is 1200. The predicted octanol–water partition coefficient (Wildman–Crippen LogP) is 14.4. The molecule has 1 N–H and O–H groups in total. The van der Waals surface area contributed by atoms with Crippen molar-refractivity contribution in [2.24, 2.45) is 23.7 Å². The maximum atomic E-state index is 12.6. The van der Waals surface area contributed by atoms with Crippen molar-refractivity contribution in [1.82, 2.24) is 9.80 Å². The van der Waals surface area contributed by atoms with E-state index in [2.05, 4.69) is 51.3 Å². The molecule has 0 amide bonds. The SMILES string of the molecule is CCCCCCCC(=O)OCC(CCCCN(CCC(C)C)CC1CCC(N(CCO)CCCCC(COC(=O)CCCCCCC)COC(=O)CCCCCCC)CC1)COC(=O)CCCCCCC. The van der Waals surface area contributed by atoms with Crippen LogP contribution in [0, 0.1) is 23.7 Å². The molecule has 1 saturated carbocycles. The van der Waals surface area contributed by atoms with Crippen molar-refractivity contribution in [3.8, 4) is 0 Å². The van der Waals surface area contributed by atoms with Crippen molar-refractivity contribution >= 4 is 23.9 Å². The Hall–Kier alpha value is -2.24. The second-order valence-corrected chi connectivity index (χ2v) is 22.0. The Labute approximate surface area is 437 Å². The van der Waals surface area contributed by atoms with Crippen molar-refractivity contribution in [3.63, 3.8) is 0 Å². The maximum Gasteiger partial charge on any atom is 0.305 e. The zero-order valence-corrected chi connectivity index (χ0v) is 47.3. The molecule has 0 atom stereocenters. The van der Waals surface area contributed by atoms with Gasteiger partial charge in [0.2, 0.25) is 0 Å². The Morgan fingerprint density at radius 2 is 0.803 bits per heavy atom. The molecule has 0 heterocycles. The third kappa shape index (κ3) is 39.8. The third-order valence-corrected chi connectivity index (χ3v) is 14.8. The number of aliphatic hydroxyl groups is 1. The van der Waals surface area contributed by atoms with Crippen LogP contribution in [-0.2, 0) is 38.1 Å². The molecule has 0 unspecified atom stereocenters. The quantitative estimate of drug-likeness (QED) is 0.0355. The lowest BCUT2D eigenvalue weighted by molar-refractivity contribution is -0.151. The van der Waals surface area contributed by atoms with Crippen LogP contribution >= 0.6 is 0 Å². The molecule has 0 aromatic heterocycles. The van der Waals surface area contributed by atoms with Gasteiger partial charge in [-0.05, 0) is 115 Å². The maximum absolute atomic E-state index is 12.6. The monoisotopic (exact) mass is 1010 g/mol. The van der Waals surface area contributed by atoms with Gasteiger partial charge in [-0.25, -0.2) is 0 Å². The first-order valence-corrected chi connectivity index (χ1v) is 30.2. The molecular weight excluding hydrogens is 893 g/mol. The van der Waals surface area contributed by atoms with Crippen LogP contribution in [0.1, 0.15) is 266 Å². The van der Waals surface area contributed by atoms with E-state index in [0.717, 1.165) is 155 Å². The number of esters is 4. The second kappa shape index (κ2) is 47.5. The number of carbonyl (C=O) groups excluding carboxylic acids is 4. The highest BCUT2D eigenvalue weighted by Gasteiger charge is 2.27. The van der Waals surface area contributed by atoms with E-state index < -0.39 is 0 Å². The summed E-state index contributed by atoms with van der Waals surface area (Å²) in [5, 5.41) is 10.1. The first-order valence-electron chi connectivity index (χ1n) is 30.2. The Kier molecular flexibility index (Phi) is 44.6. The minimum atomic E-state index is -0.149. The molecular formula is C60H114N2O9. The van der Waals surface area contributed by atoms with Gasteiger partial charge in [0.1, 0.15) is 0 Å². The lowest BCUT2D eigenvalue weighted by Crippen LogP contribution is -2.42. The highest BCUT2D eigenvalue weighted by Crippen LogP contribution is 2.29. The van der Waals surface area contributed by atoms with Crippen LogP contribution in [0.15, 0.2) is 0 Å². The summed E-state index contributed by atoms with van der Waals surface area (Å²) in [5.74, 6) is 0.740. The molecule has 1 rings (SSSR count). The fourth-order valence-corrected chi connectivity index (χ4v) is 9.97. The van der Waals surface area contributed by atoms with Gasteiger partial charge in [0.15, 0.2) is 0 Å². The van der Waals surface area contributed by atoms with Crippen molar-refractivity contribution in [1.29, 1.82) is 0 Å². The second-order valence-electron chi connectivity index (χ2n) is 22.0. The summed E-state index contributed by atoms with van der Waals surface area (Å²) in [7, 11) is 0. The molecule has 1 fully saturated rings. The van der Waals surface area contributed by atoms with Gasteiger partial charge < -0.3 is 29.0 Å². The molecule has 0 radical (unpaired) electrons. The molecule has 71 heavy (non-hydrogen) atoms. The molecule has 1 aliphatic rings. The number of unbranched alkanes of at least 4 members (excludes halogenated alkanes) is 18. The molecule has 0 spiro atoms. The van der Waals surface area contributed by atoms with Gasteiger partial charge in [-0.1, -0.05) is 157 Å². The van der Waals surface area contributed by atoms with E-state index in [1.54, 1.807) is 0 Å². The van der Waals surface area contributed by atoms with E-state index in [4.69, 9.17) is 18.9 Å². The zero-order valence-electron chi connectivity index (χ0n) is 47.3. The first kappa shape index (κ1) is 66.8. The molecule has 11 heteroatoms. The number of rotatable bonds is 50. The molecule has 418 valence electrons. The largest absolute Gasteiger partial charge is 0.465 e. The summed E-state index contributed by atoms with van der Waals surface area (Å²) >= 11 is 0. The van der Waals surface area contributed by atoms with Gasteiger partial charge in [-0.15, -0.1) is 0 Å². The van der Waals surface area contributed by atoms with Crippen molar-refractivity contribution in [2.45, 2.75) is 272 Å². The minimum absolute atomic E-state index is 0.0105. The summed E-state index contributed by atoms with van der Waals surface area (Å²) in [6, 6.07) is 0.470. The predicted molar refractivity (Wildman–Crippen MR) is 292 cm³/mol. The highest BCUT2D eigenvalue weighted by atomic mass is 16.6. The van der Waals surface area contributed by atoms with E-state index in [-0.39, 0.29) is 42.3 Å². The van der Waals surface area contributed by atoms with Crippen LogP contribution in [0.2, 0.25) is 0 Å². The number of nitrogens with zero attached hydrogens (tertiary/aromatic N) is 2. The van der Waals surface area contributed by atoms with Gasteiger partial charge in [0.25, 0.3) is 0 Å². The van der Waals surface area contributed by atoms with Gasteiger partial charge >= 0.3 is 23.9 Å². The molecule has 0 aromatic carbocycles. The van der Waals surface area contributed by atoms with E-state index in [9.17, 15) is 24.3 Å². The molecule has 0 bridgehead atoms. The van der Waals surface area contributed by atoms with Crippen molar-refractivity contribution < 1.29 is 43.2 Å². The average Bonchev–Trinajstić information content (AvgIpc) is 3.36. The number of hydrogen-bond acceptors (Lipinski definition) is 11.